The van der Waals surface area contributed by atoms with E-state index in [1.54, 1.807) is 0 Å². The first-order valence-corrected chi connectivity index (χ1v) is 8.01. The van der Waals surface area contributed by atoms with E-state index in [0.717, 1.165) is 12.1 Å². The van der Waals surface area contributed by atoms with Gasteiger partial charge in [0.1, 0.15) is 12.7 Å². The van der Waals surface area contributed by atoms with Gasteiger partial charge in [-0.1, -0.05) is 40.7 Å². The minimum atomic E-state index is 0.0987. The molecule has 0 amide bonds. The molecule has 2 heterocycles. The molecule has 1 unspecified atom stereocenters. The second-order valence-electron chi connectivity index (χ2n) is 7.16. The van der Waals surface area contributed by atoms with Crippen molar-refractivity contribution in [2.24, 2.45) is 23.2 Å². The molecule has 1 aliphatic carbocycles. The predicted octanol–water partition coefficient (Wildman–Crippen LogP) is 3.59. The third-order valence-corrected chi connectivity index (χ3v) is 5.51. The summed E-state index contributed by atoms with van der Waals surface area (Å²) in [5, 5.41) is 0. The average molecular weight is 299 g/mol. The molecule has 3 rings (SSSR count). The second kappa shape index (κ2) is 5.07. The number of imidazole rings is 1. The largest absolute Gasteiger partial charge is 0.382 e. The van der Waals surface area contributed by atoms with Gasteiger partial charge in [-0.2, -0.15) is 0 Å². The van der Waals surface area contributed by atoms with Crippen molar-refractivity contribution in [3.05, 3.63) is 18.7 Å². The van der Waals surface area contributed by atoms with Crippen molar-refractivity contribution in [2.45, 2.75) is 41.0 Å². The molecule has 0 saturated carbocycles. The highest BCUT2D eigenvalue weighted by Gasteiger charge is 2.46. The Morgan fingerprint density at radius 1 is 1.23 bits per heavy atom. The standard InChI is InChI=1S/C17H25N5/c1-10(2)12-6-7-13(17(12,5)11(3)4)22-9-21-14-15(18)19-8-20-16(14)22/h7-12H,6H2,1-5H3,(H2,18,19,20)/t12?,17-/m0/s1. The molecular formula is C17H25N5. The molecule has 0 fully saturated rings. The van der Waals surface area contributed by atoms with Gasteiger partial charge in [0.05, 0.1) is 0 Å². The van der Waals surface area contributed by atoms with Crippen LogP contribution in [0.15, 0.2) is 18.7 Å². The number of nitrogens with zero attached hydrogens (tertiary/aromatic N) is 4. The van der Waals surface area contributed by atoms with Crippen molar-refractivity contribution in [1.82, 2.24) is 19.5 Å². The number of nitrogen functional groups attached to an aromatic ring is 1. The summed E-state index contributed by atoms with van der Waals surface area (Å²) in [6, 6.07) is 0. The van der Waals surface area contributed by atoms with E-state index < -0.39 is 0 Å². The number of fused-ring (bicyclic) bond motifs is 1. The van der Waals surface area contributed by atoms with Gasteiger partial charge in [-0.25, -0.2) is 15.0 Å². The third kappa shape index (κ3) is 1.95. The summed E-state index contributed by atoms with van der Waals surface area (Å²) in [7, 11) is 0. The quantitative estimate of drug-likeness (QED) is 0.940. The number of hydrogen-bond donors (Lipinski definition) is 1. The molecular weight excluding hydrogens is 274 g/mol. The predicted molar refractivity (Wildman–Crippen MR) is 89.9 cm³/mol. The Bertz CT molecular complexity index is 728. The third-order valence-electron chi connectivity index (χ3n) is 5.51. The van der Waals surface area contributed by atoms with Crippen LogP contribution >= 0.6 is 0 Å². The van der Waals surface area contributed by atoms with Gasteiger partial charge in [0.2, 0.25) is 0 Å². The number of anilines is 1. The van der Waals surface area contributed by atoms with Crippen LogP contribution in [0, 0.1) is 23.2 Å². The van der Waals surface area contributed by atoms with E-state index in [9.17, 15) is 0 Å². The van der Waals surface area contributed by atoms with Crippen LogP contribution in [0.25, 0.3) is 16.9 Å². The fourth-order valence-electron chi connectivity index (χ4n) is 3.97. The maximum absolute atomic E-state index is 5.92. The summed E-state index contributed by atoms with van der Waals surface area (Å²) >= 11 is 0. The molecule has 0 radical (unpaired) electrons. The minimum Gasteiger partial charge on any atom is -0.382 e. The summed E-state index contributed by atoms with van der Waals surface area (Å²) < 4.78 is 2.11. The van der Waals surface area contributed by atoms with E-state index >= 15 is 0 Å². The minimum absolute atomic E-state index is 0.0987. The number of hydrogen-bond acceptors (Lipinski definition) is 4. The molecule has 0 aliphatic heterocycles. The Morgan fingerprint density at radius 2 is 1.95 bits per heavy atom. The van der Waals surface area contributed by atoms with Crippen LogP contribution in [0.4, 0.5) is 5.82 Å². The summed E-state index contributed by atoms with van der Waals surface area (Å²) in [6.07, 6.45) is 6.80. The van der Waals surface area contributed by atoms with Crippen molar-refractivity contribution < 1.29 is 0 Å². The van der Waals surface area contributed by atoms with Crippen molar-refractivity contribution in [1.29, 1.82) is 0 Å². The maximum Gasteiger partial charge on any atom is 0.169 e. The van der Waals surface area contributed by atoms with Crippen molar-refractivity contribution in [3.8, 4) is 0 Å². The molecule has 22 heavy (non-hydrogen) atoms. The molecule has 0 aromatic carbocycles. The van der Waals surface area contributed by atoms with Gasteiger partial charge in [-0.3, -0.25) is 4.57 Å². The first-order valence-electron chi connectivity index (χ1n) is 8.01. The fraction of sp³-hybridized carbons (Fsp3) is 0.588. The Morgan fingerprint density at radius 3 is 2.59 bits per heavy atom. The van der Waals surface area contributed by atoms with Gasteiger partial charge in [0, 0.05) is 11.1 Å². The van der Waals surface area contributed by atoms with Gasteiger partial charge in [-0.15, -0.1) is 0 Å². The highest BCUT2D eigenvalue weighted by molar-refractivity contribution is 5.84. The van der Waals surface area contributed by atoms with Crippen molar-refractivity contribution in [2.75, 3.05) is 5.73 Å². The summed E-state index contributed by atoms with van der Waals surface area (Å²) in [4.78, 5) is 12.9. The van der Waals surface area contributed by atoms with Crippen molar-refractivity contribution in [3.63, 3.8) is 0 Å². The number of rotatable bonds is 3. The highest BCUT2D eigenvalue weighted by atomic mass is 15.1. The van der Waals surface area contributed by atoms with Crippen LogP contribution in [-0.2, 0) is 0 Å². The molecule has 2 N–H and O–H groups in total. The summed E-state index contributed by atoms with van der Waals surface area (Å²) in [5.41, 5.74) is 8.80. The van der Waals surface area contributed by atoms with E-state index in [2.05, 4.69) is 60.2 Å². The first-order chi connectivity index (χ1) is 10.4. The summed E-state index contributed by atoms with van der Waals surface area (Å²) in [6.45, 7) is 11.6. The number of aromatic nitrogens is 4. The SMILES string of the molecule is CC(C)C1CC=C(n2cnc3c(N)ncnc32)[C@@]1(C)C(C)C. The van der Waals surface area contributed by atoms with E-state index in [-0.39, 0.29) is 5.41 Å². The maximum atomic E-state index is 5.92. The Labute approximate surface area is 131 Å². The van der Waals surface area contributed by atoms with E-state index in [1.165, 1.54) is 12.0 Å². The molecule has 2 aromatic heterocycles. The van der Waals surface area contributed by atoms with Gasteiger partial charge >= 0.3 is 0 Å². The molecule has 1 aliphatic rings. The lowest BCUT2D eigenvalue weighted by Gasteiger charge is -2.41. The molecule has 5 heteroatoms. The molecule has 118 valence electrons. The molecule has 2 aromatic rings. The normalized spacial score (nSPS) is 25.4. The van der Waals surface area contributed by atoms with Crippen LogP contribution in [-0.4, -0.2) is 19.5 Å². The molecule has 5 nitrogen and oxygen atoms in total. The zero-order chi connectivity index (χ0) is 16.1. The Kier molecular flexibility index (Phi) is 3.46. The van der Waals surface area contributed by atoms with Crippen LogP contribution in [0.5, 0.6) is 0 Å². The zero-order valence-electron chi connectivity index (χ0n) is 14.0. The second-order valence-corrected chi connectivity index (χ2v) is 7.16. The van der Waals surface area contributed by atoms with Crippen LogP contribution < -0.4 is 5.73 Å². The molecule has 0 spiro atoms. The monoisotopic (exact) mass is 299 g/mol. The smallest absolute Gasteiger partial charge is 0.169 e. The summed E-state index contributed by atoms with van der Waals surface area (Å²) in [5.74, 6) is 2.23. The lowest BCUT2D eigenvalue weighted by molar-refractivity contribution is 0.153. The zero-order valence-corrected chi connectivity index (χ0v) is 14.0. The lowest BCUT2D eigenvalue weighted by Crippen LogP contribution is -2.35. The van der Waals surface area contributed by atoms with Gasteiger partial charge in [0.25, 0.3) is 0 Å². The van der Waals surface area contributed by atoms with Crippen LogP contribution in [0.2, 0.25) is 0 Å². The van der Waals surface area contributed by atoms with E-state index in [4.69, 9.17) is 5.73 Å². The topological polar surface area (TPSA) is 69.6 Å². The van der Waals surface area contributed by atoms with Gasteiger partial charge < -0.3 is 5.73 Å². The van der Waals surface area contributed by atoms with Crippen LogP contribution in [0.3, 0.4) is 0 Å². The van der Waals surface area contributed by atoms with E-state index in [0.29, 0.717) is 29.1 Å². The average Bonchev–Trinajstić information content (AvgIpc) is 3.01. The fourth-order valence-corrected chi connectivity index (χ4v) is 3.97. The van der Waals surface area contributed by atoms with Crippen molar-refractivity contribution >= 4 is 22.7 Å². The number of nitrogens with two attached hydrogens (primary N) is 1. The Balaban J connectivity index is 2.16. The highest BCUT2D eigenvalue weighted by Crippen LogP contribution is 2.54. The first kappa shape index (κ1) is 15.0. The van der Waals surface area contributed by atoms with Crippen LogP contribution in [0.1, 0.15) is 41.0 Å². The number of allylic oxidation sites excluding steroid dienone is 2. The lowest BCUT2D eigenvalue weighted by atomic mass is 9.66. The Hall–Kier alpha value is -1.91. The van der Waals surface area contributed by atoms with Gasteiger partial charge in [0.15, 0.2) is 17.0 Å². The molecule has 0 bridgehead atoms. The molecule has 2 atom stereocenters. The van der Waals surface area contributed by atoms with Gasteiger partial charge in [-0.05, 0) is 24.2 Å². The molecule has 0 saturated heterocycles. The van der Waals surface area contributed by atoms with E-state index in [1.807, 2.05) is 6.33 Å².